The Morgan fingerprint density at radius 2 is 2.28 bits per heavy atom. The second-order valence-corrected chi connectivity index (χ2v) is 4.74. The van der Waals surface area contributed by atoms with Gasteiger partial charge in [0.15, 0.2) is 12.4 Å². The molecule has 1 aliphatic rings. The van der Waals surface area contributed by atoms with Crippen molar-refractivity contribution in [3.05, 3.63) is 23.8 Å². The van der Waals surface area contributed by atoms with E-state index in [1.165, 1.54) is 0 Å². The summed E-state index contributed by atoms with van der Waals surface area (Å²) in [6.07, 6.45) is 0. The number of rotatable bonds is 3. The van der Waals surface area contributed by atoms with Crippen molar-refractivity contribution in [2.75, 3.05) is 18.1 Å². The van der Waals surface area contributed by atoms with E-state index in [-0.39, 0.29) is 18.3 Å². The van der Waals surface area contributed by atoms with E-state index in [9.17, 15) is 9.59 Å². The van der Waals surface area contributed by atoms with E-state index >= 15 is 0 Å². The molecule has 0 aliphatic carbocycles. The van der Waals surface area contributed by atoms with Crippen LogP contribution in [0.4, 0.5) is 5.69 Å². The molecular weight excluding hydrogens is 254 g/mol. The normalized spacial score (nSPS) is 15.9. The maximum Gasteiger partial charge on any atom is 0.265 e. The average Bonchev–Trinajstić information content (AvgIpc) is 2.37. The standard InChI is InChI=1S/C13H14ClNO3/c1-3-15-10-6-9(13(17)8(2)14)4-5-11(10)18-7-12(15)16/h4-6,8H,3,7H2,1-2H3/t8-/m1/s1. The Morgan fingerprint density at radius 1 is 1.56 bits per heavy atom. The van der Waals surface area contributed by atoms with Gasteiger partial charge in [-0.05, 0) is 32.0 Å². The SMILES string of the molecule is CCN1C(=O)COc2ccc(C(=O)[C@@H](C)Cl)cc21. The Morgan fingerprint density at radius 3 is 2.89 bits per heavy atom. The van der Waals surface area contributed by atoms with Gasteiger partial charge >= 0.3 is 0 Å². The van der Waals surface area contributed by atoms with Gasteiger partial charge in [0.1, 0.15) is 5.75 Å². The molecule has 0 spiro atoms. The first-order valence-electron chi connectivity index (χ1n) is 5.80. The first-order valence-corrected chi connectivity index (χ1v) is 6.23. The van der Waals surface area contributed by atoms with Crippen molar-refractivity contribution < 1.29 is 14.3 Å². The maximum atomic E-state index is 11.8. The molecule has 4 nitrogen and oxygen atoms in total. The lowest BCUT2D eigenvalue weighted by molar-refractivity contribution is -0.121. The van der Waals surface area contributed by atoms with Crippen LogP contribution in [0.1, 0.15) is 24.2 Å². The van der Waals surface area contributed by atoms with Crippen LogP contribution in [0, 0.1) is 0 Å². The highest BCUT2D eigenvalue weighted by molar-refractivity contribution is 6.33. The Kier molecular flexibility index (Phi) is 3.57. The fourth-order valence-corrected chi connectivity index (χ4v) is 2.06. The molecule has 0 N–H and O–H groups in total. The number of fused-ring (bicyclic) bond motifs is 1. The summed E-state index contributed by atoms with van der Waals surface area (Å²) in [6, 6.07) is 5.04. The number of ketones is 1. The van der Waals surface area contributed by atoms with E-state index in [4.69, 9.17) is 16.3 Å². The van der Waals surface area contributed by atoms with Gasteiger partial charge in [0.25, 0.3) is 5.91 Å². The predicted molar refractivity (Wildman–Crippen MR) is 69.6 cm³/mol. The van der Waals surface area contributed by atoms with Gasteiger partial charge in [-0.2, -0.15) is 0 Å². The lowest BCUT2D eigenvalue weighted by Crippen LogP contribution is -2.38. The summed E-state index contributed by atoms with van der Waals surface area (Å²) in [5.41, 5.74) is 1.13. The zero-order valence-electron chi connectivity index (χ0n) is 10.3. The van der Waals surface area contributed by atoms with Crippen LogP contribution >= 0.6 is 11.6 Å². The monoisotopic (exact) mass is 267 g/mol. The molecule has 1 aromatic rings. The van der Waals surface area contributed by atoms with E-state index in [2.05, 4.69) is 0 Å². The summed E-state index contributed by atoms with van der Waals surface area (Å²) >= 11 is 5.78. The largest absolute Gasteiger partial charge is 0.482 e. The fraction of sp³-hybridized carbons (Fsp3) is 0.385. The minimum atomic E-state index is -0.585. The average molecular weight is 268 g/mol. The van der Waals surface area contributed by atoms with Crippen LogP contribution in [0.2, 0.25) is 0 Å². The number of nitrogens with zero attached hydrogens (tertiary/aromatic N) is 1. The zero-order valence-corrected chi connectivity index (χ0v) is 11.0. The summed E-state index contributed by atoms with van der Waals surface area (Å²) in [5.74, 6) is 0.359. The van der Waals surface area contributed by atoms with Crippen molar-refractivity contribution in [3.8, 4) is 5.75 Å². The lowest BCUT2D eigenvalue weighted by Gasteiger charge is -2.28. The van der Waals surface area contributed by atoms with E-state index in [0.29, 0.717) is 23.5 Å². The van der Waals surface area contributed by atoms with Gasteiger partial charge in [0.2, 0.25) is 0 Å². The molecule has 1 amide bonds. The number of hydrogen-bond acceptors (Lipinski definition) is 3. The van der Waals surface area contributed by atoms with Crippen molar-refractivity contribution >= 4 is 29.0 Å². The number of Topliss-reactive ketones (excluding diaryl/α,β-unsaturated/α-hetero) is 1. The fourth-order valence-electron chi connectivity index (χ4n) is 1.93. The van der Waals surface area contributed by atoms with E-state index < -0.39 is 5.38 Å². The molecule has 2 rings (SSSR count). The van der Waals surface area contributed by atoms with Crippen LogP contribution in [0.25, 0.3) is 0 Å². The molecule has 1 aromatic carbocycles. The minimum Gasteiger partial charge on any atom is -0.482 e. The molecule has 0 unspecified atom stereocenters. The molecule has 1 heterocycles. The number of hydrogen-bond donors (Lipinski definition) is 0. The molecule has 1 atom stereocenters. The van der Waals surface area contributed by atoms with Crippen LogP contribution in [0.15, 0.2) is 18.2 Å². The summed E-state index contributed by atoms with van der Waals surface area (Å²) in [4.78, 5) is 25.1. The molecule has 96 valence electrons. The number of benzene rings is 1. The molecule has 0 fully saturated rings. The number of ether oxygens (including phenoxy) is 1. The first kappa shape index (κ1) is 12.9. The van der Waals surface area contributed by atoms with Crippen molar-refractivity contribution in [1.82, 2.24) is 0 Å². The molecule has 5 heteroatoms. The van der Waals surface area contributed by atoms with Crippen molar-refractivity contribution in [1.29, 1.82) is 0 Å². The number of carbonyl (C=O) groups excluding carboxylic acids is 2. The van der Waals surface area contributed by atoms with Crippen molar-refractivity contribution in [2.24, 2.45) is 0 Å². The molecule has 0 saturated carbocycles. The Bertz CT molecular complexity index is 499. The summed E-state index contributed by atoms with van der Waals surface area (Å²) in [7, 11) is 0. The predicted octanol–water partition coefficient (Wildman–Crippen LogP) is 2.24. The molecule has 0 radical (unpaired) electrons. The number of carbonyl (C=O) groups is 2. The van der Waals surface area contributed by atoms with Crippen LogP contribution in [-0.2, 0) is 4.79 Å². The molecular formula is C13H14ClNO3. The summed E-state index contributed by atoms with van der Waals surface area (Å²) in [5, 5.41) is -0.585. The van der Waals surface area contributed by atoms with Gasteiger partial charge in [-0.15, -0.1) is 11.6 Å². The number of halogens is 1. The van der Waals surface area contributed by atoms with Gasteiger partial charge in [-0.3, -0.25) is 9.59 Å². The third-order valence-electron chi connectivity index (χ3n) is 2.86. The van der Waals surface area contributed by atoms with Crippen LogP contribution in [-0.4, -0.2) is 30.2 Å². The Balaban J connectivity index is 2.44. The van der Waals surface area contributed by atoms with Crippen molar-refractivity contribution in [2.45, 2.75) is 19.2 Å². The number of anilines is 1. The second kappa shape index (κ2) is 4.98. The highest BCUT2D eigenvalue weighted by Gasteiger charge is 2.25. The third-order valence-corrected chi connectivity index (χ3v) is 3.06. The summed E-state index contributed by atoms with van der Waals surface area (Å²) in [6.45, 7) is 4.09. The minimum absolute atomic E-state index is 0.0417. The molecule has 0 bridgehead atoms. The molecule has 0 saturated heterocycles. The van der Waals surface area contributed by atoms with Gasteiger partial charge in [0, 0.05) is 12.1 Å². The van der Waals surface area contributed by atoms with E-state index in [0.717, 1.165) is 0 Å². The lowest BCUT2D eigenvalue weighted by atomic mass is 10.1. The van der Waals surface area contributed by atoms with Gasteiger partial charge in [-0.25, -0.2) is 0 Å². The van der Waals surface area contributed by atoms with E-state index in [1.54, 1.807) is 30.0 Å². The summed E-state index contributed by atoms with van der Waals surface area (Å²) < 4.78 is 5.33. The maximum absolute atomic E-state index is 11.8. The first-order chi connectivity index (χ1) is 8.54. The highest BCUT2D eigenvalue weighted by Crippen LogP contribution is 2.33. The Labute approximate surface area is 110 Å². The zero-order chi connectivity index (χ0) is 13.3. The number of alkyl halides is 1. The van der Waals surface area contributed by atoms with Crippen LogP contribution in [0.5, 0.6) is 5.75 Å². The molecule has 18 heavy (non-hydrogen) atoms. The molecule has 0 aromatic heterocycles. The Hall–Kier alpha value is -1.55. The van der Waals surface area contributed by atoms with Gasteiger partial charge < -0.3 is 9.64 Å². The topological polar surface area (TPSA) is 46.6 Å². The van der Waals surface area contributed by atoms with Gasteiger partial charge in [-0.1, -0.05) is 0 Å². The number of amides is 1. The number of likely N-dealkylation sites (N-methyl/N-ethyl adjacent to an activating group) is 1. The molecule has 1 aliphatic heterocycles. The quantitative estimate of drug-likeness (QED) is 0.623. The van der Waals surface area contributed by atoms with Gasteiger partial charge in [0.05, 0.1) is 11.1 Å². The third kappa shape index (κ3) is 2.20. The highest BCUT2D eigenvalue weighted by atomic mass is 35.5. The van der Waals surface area contributed by atoms with Crippen LogP contribution in [0.3, 0.4) is 0 Å². The van der Waals surface area contributed by atoms with E-state index in [1.807, 2.05) is 6.92 Å². The van der Waals surface area contributed by atoms with Crippen molar-refractivity contribution in [3.63, 3.8) is 0 Å². The van der Waals surface area contributed by atoms with Crippen LogP contribution < -0.4 is 9.64 Å². The second-order valence-electron chi connectivity index (χ2n) is 4.09. The smallest absolute Gasteiger partial charge is 0.265 e.